The van der Waals surface area contributed by atoms with Gasteiger partial charge in [0.25, 0.3) is 0 Å². The predicted molar refractivity (Wildman–Crippen MR) is 56.2 cm³/mol. The summed E-state index contributed by atoms with van der Waals surface area (Å²) in [5, 5.41) is 5.06. The monoisotopic (exact) mass is 214 g/mol. The van der Waals surface area contributed by atoms with Gasteiger partial charge in [0, 0.05) is 39.8 Å². The lowest BCUT2D eigenvalue weighted by atomic mass is 10.1. The molecule has 5 nitrogen and oxygen atoms in total. The fourth-order valence-corrected chi connectivity index (χ4v) is 1.05. The van der Waals surface area contributed by atoms with E-state index in [0.29, 0.717) is 19.4 Å². The highest BCUT2D eigenvalue weighted by molar-refractivity contribution is 5.84. The topological polar surface area (TPSA) is 75.3 Å². The van der Waals surface area contributed by atoms with Gasteiger partial charge in [-0.25, -0.2) is 0 Å². The predicted octanol–water partition coefficient (Wildman–Crippen LogP) is -0.00200. The molecule has 5 heteroatoms. The molecule has 0 aromatic rings. The zero-order chi connectivity index (χ0) is 11.7. The van der Waals surface area contributed by atoms with Gasteiger partial charge in [-0.1, -0.05) is 0 Å². The molecule has 0 fully saturated rings. The van der Waals surface area contributed by atoms with E-state index < -0.39 is 0 Å². The molecule has 0 heterocycles. The Bertz CT molecular complexity index is 239. The first kappa shape index (κ1) is 13.6. The van der Waals surface area contributed by atoms with Crippen LogP contribution in [0.1, 0.15) is 32.6 Å². The molecule has 0 aromatic carbocycles. The third-order valence-corrected chi connectivity index (χ3v) is 1.92. The maximum atomic E-state index is 11.2. The van der Waals surface area contributed by atoms with E-state index in [4.69, 9.17) is 0 Å². The van der Waals surface area contributed by atoms with Crippen LogP contribution in [0.25, 0.3) is 0 Å². The lowest BCUT2D eigenvalue weighted by molar-refractivity contribution is -0.125. The lowest BCUT2D eigenvalue weighted by Gasteiger charge is -2.01. The second-order valence-corrected chi connectivity index (χ2v) is 3.30. The summed E-state index contributed by atoms with van der Waals surface area (Å²) in [5.74, 6) is -0.151. The van der Waals surface area contributed by atoms with Gasteiger partial charge in [0.1, 0.15) is 5.78 Å². The molecule has 0 atom stereocenters. The molecule has 0 spiro atoms. The van der Waals surface area contributed by atoms with Crippen molar-refractivity contribution in [2.24, 2.45) is 0 Å². The van der Waals surface area contributed by atoms with Crippen molar-refractivity contribution in [2.75, 3.05) is 13.6 Å². The number of Topliss-reactive ketones (excluding diaryl/α,β-unsaturated/α-hetero) is 1. The lowest BCUT2D eigenvalue weighted by Crippen LogP contribution is -2.22. The first-order valence-corrected chi connectivity index (χ1v) is 5.03. The Kier molecular flexibility index (Phi) is 7.23. The van der Waals surface area contributed by atoms with E-state index in [0.717, 1.165) is 0 Å². The molecular formula is C10H18N2O3. The molecule has 0 rings (SSSR count). The maximum absolute atomic E-state index is 11.2. The van der Waals surface area contributed by atoms with Gasteiger partial charge in [-0.3, -0.25) is 14.4 Å². The van der Waals surface area contributed by atoms with Crippen LogP contribution in [-0.4, -0.2) is 31.2 Å². The number of rotatable bonds is 7. The molecule has 2 amide bonds. The number of ketones is 1. The van der Waals surface area contributed by atoms with Crippen molar-refractivity contribution in [1.29, 1.82) is 0 Å². The molecule has 0 bridgehead atoms. The third-order valence-electron chi connectivity index (χ3n) is 1.92. The summed E-state index contributed by atoms with van der Waals surface area (Å²) in [6.07, 6.45) is 1.57. The van der Waals surface area contributed by atoms with Crippen LogP contribution in [0.3, 0.4) is 0 Å². The number of nitrogens with one attached hydrogen (secondary N) is 2. The van der Waals surface area contributed by atoms with Gasteiger partial charge in [0.05, 0.1) is 0 Å². The summed E-state index contributed by atoms with van der Waals surface area (Å²) in [6.45, 7) is 1.95. The summed E-state index contributed by atoms with van der Waals surface area (Å²) in [6, 6.07) is 0. The molecule has 0 unspecified atom stereocenters. The second-order valence-electron chi connectivity index (χ2n) is 3.30. The van der Waals surface area contributed by atoms with Crippen LogP contribution in [0, 0.1) is 0 Å². The highest BCUT2D eigenvalue weighted by atomic mass is 16.2. The normalized spacial score (nSPS) is 9.47. The van der Waals surface area contributed by atoms with Crippen molar-refractivity contribution in [2.45, 2.75) is 32.6 Å². The standard InChI is InChI=1S/C10H18N2O3/c1-8(13)12-7-3-4-9(14)5-6-10(15)11-2/h3-7H2,1-2H3,(H,11,15)(H,12,13). The molecule has 0 saturated carbocycles. The summed E-state index contributed by atoms with van der Waals surface area (Å²) < 4.78 is 0. The van der Waals surface area contributed by atoms with Crippen LogP contribution in [0.4, 0.5) is 0 Å². The van der Waals surface area contributed by atoms with E-state index in [-0.39, 0.29) is 30.4 Å². The zero-order valence-corrected chi connectivity index (χ0v) is 9.26. The number of amides is 2. The summed E-state index contributed by atoms with van der Waals surface area (Å²) >= 11 is 0. The highest BCUT2D eigenvalue weighted by Crippen LogP contribution is 1.98. The molecule has 0 aliphatic carbocycles. The van der Waals surface area contributed by atoms with E-state index in [1.807, 2.05) is 0 Å². The van der Waals surface area contributed by atoms with Crippen molar-refractivity contribution in [3.05, 3.63) is 0 Å². The number of hydrogen-bond donors (Lipinski definition) is 2. The number of hydrogen-bond acceptors (Lipinski definition) is 3. The van der Waals surface area contributed by atoms with Crippen molar-refractivity contribution < 1.29 is 14.4 Å². The zero-order valence-electron chi connectivity index (χ0n) is 9.26. The Labute approximate surface area is 89.6 Å². The van der Waals surface area contributed by atoms with Gasteiger partial charge < -0.3 is 10.6 Å². The first-order valence-electron chi connectivity index (χ1n) is 5.03. The fourth-order valence-electron chi connectivity index (χ4n) is 1.05. The number of carbonyl (C=O) groups is 3. The van der Waals surface area contributed by atoms with Crippen LogP contribution in [0.2, 0.25) is 0 Å². The largest absolute Gasteiger partial charge is 0.359 e. The molecule has 0 radical (unpaired) electrons. The Morgan fingerprint density at radius 1 is 1.07 bits per heavy atom. The maximum Gasteiger partial charge on any atom is 0.220 e. The van der Waals surface area contributed by atoms with Gasteiger partial charge in [0.2, 0.25) is 11.8 Å². The molecule has 0 aliphatic rings. The van der Waals surface area contributed by atoms with Gasteiger partial charge in [-0.05, 0) is 6.42 Å². The Morgan fingerprint density at radius 2 is 1.73 bits per heavy atom. The molecule has 86 valence electrons. The average molecular weight is 214 g/mol. The molecule has 15 heavy (non-hydrogen) atoms. The van der Waals surface area contributed by atoms with E-state index >= 15 is 0 Å². The highest BCUT2D eigenvalue weighted by Gasteiger charge is 2.05. The van der Waals surface area contributed by atoms with Gasteiger partial charge in [-0.15, -0.1) is 0 Å². The SMILES string of the molecule is CNC(=O)CCC(=O)CCCNC(C)=O. The Balaban J connectivity index is 3.41. The van der Waals surface area contributed by atoms with E-state index in [1.54, 1.807) is 7.05 Å². The second kappa shape index (κ2) is 7.96. The molecule has 0 aromatic heterocycles. The van der Waals surface area contributed by atoms with Crippen molar-refractivity contribution in [1.82, 2.24) is 10.6 Å². The van der Waals surface area contributed by atoms with Crippen LogP contribution in [0.5, 0.6) is 0 Å². The van der Waals surface area contributed by atoms with Crippen molar-refractivity contribution in [3.8, 4) is 0 Å². The Hall–Kier alpha value is -1.39. The van der Waals surface area contributed by atoms with E-state index in [1.165, 1.54) is 6.92 Å². The minimum Gasteiger partial charge on any atom is -0.359 e. The van der Waals surface area contributed by atoms with E-state index in [2.05, 4.69) is 10.6 Å². The van der Waals surface area contributed by atoms with Crippen molar-refractivity contribution >= 4 is 17.6 Å². The smallest absolute Gasteiger partial charge is 0.220 e. The van der Waals surface area contributed by atoms with Gasteiger partial charge in [-0.2, -0.15) is 0 Å². The minimum atomic E-state index is -0.120. The van der Waals surface area contributed by atoms with E-state index in [9.17, 15) is 14.4 Å². The average Bonchev–Trinajstić information content (AvgIpc) is 2.20. The molecule has 0 aliphatic heterocycles. The summed E-state index contributed by atoms with van der Waals surface area (Å²) in [4.78, 5) is 32.5. The molecule has 2 N–H and O–H groups in total. The first-order chi connectivity index (χ1) is 7.06. The summed E-state index contributed by atoms with van der Waals surface area (Å²) in [7, 11) is 1.55. The molecular weight excluding hydrogens is 196 g/mol. The van der Waals surface area contributed by atoms with Crippen LogP contribution in [-0.2, 0) is 14.4 Å². The van der Waals surface area contributed by atoms with Gasteiger partial charge >= 0.3 is 0 Å². The van der Waals surface area contributed by atoms with Crippen LogP contribution < -0.4 is 10.6 Å². The summed E-state index contributed by atoms with van der Waals surface area (Å²) in [5.41, 5.74) is 0. The third kappa shape index (κ3) is 8.93. The number of carbonyl (C=O) groups excluding carboxylic acids is 3. The van der Waals surface area contributed by atoms with Gasteiger partial charge in [0.15, 0.2) is 0 Å². The molecule has 0 saturated heterocycles. The van der Waals surface area contributed by atoms with Crippen LogP contribution in [0.15, 0.2) is 0 Å². The van der Waals surface area contributed by atoms with Crippen LogP contribution >= 0.6 is 0 Å². The van der Waals surface area contributed by atoms with Crippen molar-refractivity contribution in [3.63, 3.8) is 0 Å². The quantitative estimate of drug-likeness (QED) is 0.586. The Morgan fingerprint density at radius 3 is 2.27 bits per heavy atom. The fraction of sp³-hybridized carbons (Fsp3) is 0.700. The minimum absolute atomic E-state index is 0.0592.